The highest BCUT2D eigenvalue weighted by molar-refractivity contribution is 7.14. The molecule has 2 atom stereocenters. The lowest BCUT2D eigenvalue weighted by Gasteiger charge is -2.38. The zero-order valence-electron chi connectivity index (χ0n) is 24.8. The normalized spacial score (nSPS) is 19.7. The van der Waals surface area contributed by atoms with Gasteiger partial charge in [0.25, 0.3) is 11.8 Å². The minimum Gasteiger partial charge on any atom is -0.460 e. The molecule has 0 bridgehead atoms. The minimum atomic E-state index is -0.365. The highest BCUT2D eigenvalue weighted by atomic mass is 32.1. The third-order valence-electron chi connectivity index (χ3n) is 7.64. The van der Waals surface area contributed by atoms with E-state index < -0.39 is 0 Å². The molecule has 0 spiro atoms. The fraction of sp³-hybridized carbons (Fsp3) is 0.500. The molecular weight excluding hydrogens is 570 g/mol. The number of piperidine rings is 1. The number of ether oxygens (including phenoxy) is 3. The Kier molecular flexibility index (Phi) is 10.5. The molecule has 2 aliphatic heterocycles. The van der Waals surface area contributed by atoms with Gasteiger partial charge in [0.15, 0.2) is 5.13 Å². The molecule has 2 amide bonds. The van der Waals surface area contributed by atoms with Crippen LogP contribution in [0.5, 0.6) is 6.01 Å². The van der Waals surface area contributed by atoms with Crippen molar-refractivity contribution < 1.29 is 23.8 Å². The maximum Gasteiger partial charge on any atom is 0.316 e. The van der Waals surface area contributed by atoms with Gasteiger partial charge in [-0.3, -0.25) is 14.5 Å². The lowest BCUT2D eigenvalue weighted by Crippen LogP contribution is -2.48. The lowest BCUT2D eigenvalue weighted by molar-refractivity contribution is -0.0409. The number of carbonyl (C=O) groups is 2. The second-order valence-corrected chi connectivity index (χ2v) is 11.7. The first-order valence-corrected chi connectivity index (χ1v) is 15.5. The molecule has 43 heavy (non-hydrogen) atoms. The van der Waals surface area contributed by atoms with Crippen molar-refractivity contribution in [2.45, 2.75) is 51.4 Å². The number of nitrogens with one attached hydrogen (secondary N) is 2. The lowest BCUT2D eigenvalue weighted by atomic mass is 10.0. The average molecular weight is 610 g/mol. The predicted octanol–water partition coefficient (Wildman–Crippen LogP) is 3.22. The number of rotatable bonds is 11. The van der Waals surface area contributed by atoms with E-state index in [2.05, 4.69) is 49.2 Å². The van der Waals surface area contributed by atoms with Gasteiger partial charge in [-0.15, -0.1) is 11.3 Å². The van der Waals surface area contributed by atoms with E-state index in [-0.39, 0.29) is 30.0 Å². The van der Waals surface area contributed by atoms with E-state index in [9.17, 15) is 9.59 Å². The van der Waals surface area contributed by atoms with Crippen LogP contribution in [0.4, 0.5) is 10.8 Å². The number of hydrogen-bond donors (Lipinski definition) is 2. The second-order valence-electron chi connectivity index (χ2n) is 10.8. The Labute approximate surface area is 255 Å². The number of carbonyl (C=O) groups excluding carboxylic acids is 2. The summed E-state index contributed by atoms with van der Waals surface area (Å²) >= 11 is 1.43. The van der Waals surface area contributed by atoms with Crippen LogP contribution in [0.15, 0.2) is 42.0 Å². The zero-order valence-corrected chi connectivity index (χ0v) is 25.6. The number of nitrogens with zero attached hydrogens (tertiary/aromatic N) is 5. The number of benzene rings is 1. The Balaban J connectivity index is 1.24. The summed E-state index contributed by atoms with van der Waals surface area (Å²) < 4.78 is 16.6. The Morgan fingerprint density at radius 1 is 1.09 bits per heavy atom. The molecule has 3 aromatic rings. The standard InChI is InChI=1S/C30H39N7O5S/c1-20-17-41-18-21(2)37(20)16-22-5-6-25(24(15-22)27(38)31-11-14-40-3)34-28(39)26-19-43-30(35-26)36-12-7-23(8-13-36)42-29-32-9-4-10-33-29/h4-6,9-10,15,19-21,23H,7-8,11-14,16-18H2,1-3H3,(H,31,38)(H,34,39)/t20-,21-/m0/s1. The van der Waals surface area contributed by atoms with E-state index >= 15 is 0 Å². The van der Waals surface area contributed by atoms with Crippen molar-refractivity contribution in [3.63, 3.8) is 0 Å². The number of amides is 2. The van der Waals surface area contributed by atoms with Gasteiger partial charge in [-0.2, -0.15) is 0 Å². The van der Waals surface area contributed by atoms with Gasteiger partial charge >= 0.3 is 6.01 Å². The smallest absolute Gasteiger partial charge is 0.316 e. The maximum atomic E-state index is 13.3. The summed E-state index contributed by atoms with van der Waals surface area (Å²) in [6, 6.07) is 8.27. The van der Waals surface area contributed by atoms with Gasteiger partial charge < -0.3 is 29.7 Å². The van der Waals surface area contributed by atoms with Gasteiger partial charge in [0, 0.05) is 76.0 Å². The Bertz CT molecular complexity index is 1360. The summed E-state index contributed by atoms with van der Waals surface area (Å²) in [4.78, 5) is 43.9. The SMILES string of the molecule is COCCNC(=O)c1cc(CN2[C@@H](C)COC[C@@H]2C)ccc1NC(=O)c1csc(N2CCC(Oc3ncccn3)CC2)n1. The first-order chi connectivity index (χ1) is 20.9. The number of aromatic nitrogens is 3. The van der Waals surface area contributed by atoms with Crippen molar-refractivity contribution in [3.05, 3.63) is 58.9 Å². The summed E-state index contributed by atoms with van der Waals surface area (Å²) in [6.07, 6.45) is 4.96. The van der Waals surface area contributed by atoms with Gasteiger partial charge in [-0.25, -0.2) is 15.0 Å². The summed E-state index contributed by atoms with van der Waals surface area (Å²) in [6.45, 7) is 8.55. The molecular formula is C30H39N7O5S. The maximum absolute atomic E-state index is 13.3. The number of morpholine rings is 1. The van der Waals surface area contributed by atoms with Crippen LogP contribution in [0.3, 0.4) is 0 Å². The number of thiazole rings is 1. The number of anilines is 2. The first kappa shape index (κ1) is 30.8. The van der Waals surface area contributed by atoms with Crippen LogP contribution in [-0.2, 0) is 16.0 Å². The molecule has 13 heteroatoms. The molecule has 12 nitrogen and oxygen atoms in total. The van der Waals surface area contributed by atoms with Crippen molar-refractivity contribution in [1.82, 2.24) is 25.2 Å². The van der Waals surface area contributed by atoms with Crippen LogP contribution in [0.2, 0.25) is 0 Å². The molecule has 2 aromatic heterocycles. The van der Waals surface area contributed by atoms with Crippen LogP contribution in [-0.4, -0.2) is 96.4 Å². The van der Waals surface area contributed by atoms with Gasteiger partial charge in [0.05, 0.1) is 31.1 Å². The molecule has 2 saturated heterocycles. The van der Waals surface area contributed by atoms with Crippen molar-refractivity contribution in [2.24, 2.45) is 0 Å². The monoisotopic (exact) mass is 609 g/mol. The molecule has 0 radical (unpaired) electrons. The van der Waals surface area contributed by atoms with Crippen LogP contribution in [0, 0.1) is 0 Å². The molecule has 0 saturated carbocycles. The van der Waals surface area contributed by atoms with Crippen molar-refractivity contribution in [3.8, 4) is 6.01 Å². The number of hydrogen-bond acceptors (Lipinski definition) is 11. The van der Waals surface area contributed by atoms with Crippen LogP contribution >= 0.6 is 11.3 Å². The summed E-state index contributed by atoms with van der Waals surface area (Å²) in [5.41, 5.74) is 2.12. The summed E-state index contributed by atoms with van der Waals surface area (Å²) in [7, 11) is 1.58. The van der Waals surface area contributed by atoms with Gasteiger partial charge in [-0.05, 0) is 37.6 Å². The average Bonchev–Trinajstić information content (AvgIpc) is 3.51. The number of methoxy groups -OCH3 is 1. The first-order valence-electron chi connectivity index (χ1n) is 14.6. The molecule has 230 valence electrons. The summed E-state index contributed by atoms with van der Waals surface area (Å²) in [5.74, 6) is -0.640. The largest absolute Gasteiger partial charge is 0.460 e. The molecule has 5 rings (SSSR count). The fourth-order valence-electron chi connectivity index (χ4n) is 5.27. The van der Waals surface area contributed by atoms with Gasteiger partial charge in [-0.1, -0.05) is 6.07 Å². The van der Waals surface area contributed by atoms with Gasteiger partial charge in [0.1, 0.15) is 11.8 Å². The predicted molar refractivity (Wildman–Crippen MR) is 164 cm³/mol. The molecule has 2 aliphatic rings. The van der Waals surface area contributed by atoms with Crippen LogP contribution in [0.1, 0.15) is 53.1 Å². The molecule has 4 heterocycles. The van der Waals surface area contributed by atoms with E-state index in [0.717, 1.165) is 36.6 Å². The van der Waals surface area contributed by atoms with E-state index in [1.54, 1.807) is 37.0 Å². The van der Waals surface area contributed by atoms with E-state index in [4.69, 9.17) is 14.2 Å². The minimum absolute atomic E-state index is 0.0347. The molecule has 2 fully saturated rings. The van der Waals surface area contributed by atoms with Crippen LogP contribution in [0.25, 0.3) is 0 Å². The quantitative estimate of drug-likeness (QED) is 0.313. The van der Waals surface area contributed by atoms with Crippen molar-refractivity contribution in [1.29, 1.82) is 0 Å². The Morgan fingerprint density at radius 2 is 1.84 bits per heavy atom. The third-order valence-corrected chi connectivity index (χ3v) is 8.54. The molecule has 1 aromatic carbocycles. The summed E-state index contributed by atoms with van der Waals surface area (Å²) in [5, 5.41) is 8.33. The topological polar surface area (TPSA) is 131 Å². The molecule has 0 unspecified atom stereocenters. The van der Waals surface area contributed by atoms with Crippen molar-refractivity contribution in [2.75, 3.05) is 56.8 Å². The zero-order chi connectivity index (χ0) is 30.2. The van der Waals surface area contributed by atoms with E-state index in [1.807, 2.05) is 12.1 Å². The fourth-order valence-corrected chi connectivity index (χ4v) is 6.13. The molecule has 0 aliphatic carbocycles. The van der Waals surface area contributed by atoms with Gasteiger partial charge in [0.2, 0.25) is 0 Å². The van der Waals surface area contributed by atoms with E-state index in [0.29, 0.717) is 55.9 Å². The van der Waals surface area contributed by atoms with Crippen molar-refractivity contribution >= 4 is 34.0 Å². The van der Waals surface area contributed by atoms with Crippen LogP contribution < -0.4 is 20.3 Å². The Hall–Kier alpha value is -3.65. The highest BCUT2D eigenvalue weighted by Crippen LogP contribution is 2.27. The third kappa shape index (κ3) is 8.05. The Morgan fingerprint density at radius 3 is 2.56 bits per heavy atom. The second kappa shape index (κ2) is 14.7. The highest BCUT2D eigenvalue weighted by Gasteiger charge is 2.27. The molecule has 2 N–H and O–H groups in total. The van der Waals surface area contributed by atoms with E-state index in [1.165, 1.54) is 11.3 Å².